The Morgan fingerprint density at radius 1 is 1.26 bits per heavy atom. The van der Waals surface area contributed by atoms with Gasteiger partial charge in [-0.2, -0.15) is 0 Å². The molecule has 8 nitrogen and oxygen atoms in total. The number of anilines is 2. The van der Waals surface area contributed by atoms with E-state index in [2.05, 4.69) is 26.8 Å². The van der Waals surface area contributed by atoms with Crippen molar-refractivity contribution < 1.29 is 4.79 Å². The molecule has 0 aromatic carbocycles. The van der Waals surface area contributed by atoms with Crippen LogP contribution in [-0.4, -0.2) is 62.7 Å². The lowest BCUT2D eigenvalue weighted by atomic mass is 9.89. The summed E-state index contributed by atoms with van der Waals surface area (Å²) in [5.74, 6) is 2.53. The summed E-state index contributed by atoms with van der Waals surface area (Å²) in [6, 6.07) is 0. The fraction of sp³-hybridized carbons (Fsp3) is 0.476. The molecule has 2 aliphatic rings. The van der Waals surface area contributed by atoms with E-state index in [1.807, 2.05) is 4.90 Å². The number of aromatic nitrogens is 4. The number of amides is 1. The summed E-state index contributed by atoms with van der Waals surface area (Å²) in [5, 5.41) is 1.62. The van der Waals surface area contributed by atoms with Crippen LogP contribution in [0.5, 0.6) is 0 Å². The first kappa shape index (κ1) is 20.4. The van der Waals surface area contributed by atoms with Gasteiger partial charge < -0.3 is 15.5 Å². The maximum atomic E-state index is 12.7. The minimum Gasteiger partial charge on any atom is -0.383 e. The van der Waals surface area contributed by atoms with E-state index in [1.165, 1.54) is 28.6 Å². The van der Waals surface area contributed by atoms with Crippen molar-refractivity contribution >= 4 is 50.9 Å². The Balaban J connectivity index is 1.21. The highest BCUT2D eigenvalue weighted by Gasteiger charge is 2.25. The van der Waals surface area contributed by atoms with E-state index in [-0.39, 0.29) is 5.91 Å². The van der Waals surface area contributed by atoms with Gasteiger partial charge >= 0.3 is 0 Å². The molecule has 3 aromatic heterocycles. The summed E-state index contributed by atoms with van der Waals surface area (Å²) in [4.78, 5) is 36.8. The van der Waals surface area contributed by atoms with Crippen molar-refractivity contribution in [2.45, 2.75) is 31.3 Å². The van der Waals surface area contributed by atoms with Crippen molar-refractivity contribution in [3.05, 3.63) is 29.0 Å². The van der Waals surface area contributed by atoms with Gasteiger partial charge in [-0.1, -0.05) is 18.7 Å². The molecule has 0 saturated carbocycles. The number of nitrogen functional groups attached to an aromatic ring is 1. The summed E-state index contributed by atoms with van der Waals surface area (Å²) in [6.07, 6.45) is 8.45. The Morgan fingerprint density at radius 2 is 2.10 bits per heavy atom. The van der Waals surface area contributed by atoms with Crippen molar-refractivity contribution in [3.63, 3.8) is 0 Å². The molecule has 1 aliphatic carbocycles. The first-order valence-corrected chi connectivity index (χ1v) is 12.4. The Kier molecular flexibility index (Phi) is 5.66. The second-order valence-corrected chi connectivity index (χ2v) is 10.2. The van der Waals surface area contributed by atoms with Gasteiger partial charge in [0.05, 0.1) is 17.3 Å². The molecule has 1 unspecified atom stereocenters. The number of hydrogen-bond donors (Lipinski definition) is 1. The van der Waals surface area contributed by atoms with Crippen molar-refractivity contribution in [3.8, 4) is 0 Å². The van der Waals surface area contributed by atoms with E-state index in [0.29, 0.717) is 35.7 Å². The first-order valence-electron chi connectivity index (χ1n) is 10.6. The minimum absolute atomic E-state index is 0.102. The monoisotopic (exact) mass is 455 g/mol. The van der Waals surface area contributed by atoms with Crippen LogP contribution in [0.25, 0.3) is 10.2 Å². The van der Waals surface area contributed by atoms with Crippen molar-refractivity contribution in [2.75, 3.05) is 42.6 Å². The smallest absolute Gasteiger partial charge is 0.233 e. The molecule has 1 amide bonds. The van der Waals surface area contributed by atoms with Crippen LogP contribution in [0.3, 0.4) is 0 Å². The number of thioether (sulfide) groups is 1. The first-order chi connectivity index (χ1) is 15.1. The molecule has 0 bridgehead atoms. The lowest BCUT2D eigenvalue weighted by Crippen LogP contribution is -2.49. The summed E-state index contributed by atoms with van der Waals surface area (Å²) in [6.45, 7) is 5.15. The molecule has 0 spiro atoms. The maximum Gasteiger partial charge on any atom is 0.233 e. The summed E-state index contributed by atoms with van der Waals surface area (Å²) in [5.41, 5.74) is 7.65. The van der Waals surface area contributed by atoms with Crippen LogP contribution < -0.4 is 10.6 Å². The Bertz CT molecular complexity index is 1100. The molecule has 5 rings (SSSR count). The minimum atomic E-state index is 0.102. The molecular weight excluding hydrogens is 430 g/mol. The molecular formula is C21H25N7OS2. The van der Waals surface area contributed by atoms with Crippen molar-refractivity contribution in [1.29, 1.82) is 0 Å². The second-order valence-electron chi connectivity index (χ2n) is 8.14. The molecule has 31 heavy (non-hydrogen) atoms. The van der Waals surface area contributed by atoms with E-state index in [1.54, 1.807) is 29.9 Å². The largest absolute Gasteiger partial charge is 0.383 e. The zero-order valence-corrected chi connectivity index (χ0v) is 19.1. The topological polar surface area (TPSA) is 101 Å². The zero-order valence-electron chi connectivity index (χ0n) is 17.5. The maximum absolute atomic E-state index is 12.7. The lowest BCUT2D eigenvalue weighted by molar-refractivity contribution is -0.128. The number of carbonyl (C=O) groups is 1. The van der Waals surface area contributed by atoms with Gasteiger partial charge in [0, 0.05) is 43.4 Å². The third-order valence-electron chi connectivity index (χ3n) is 5.99. The fourth-order valence-corrected chi connectivity index (χ4v) is 6.47. The normalized spacial score (nSPS) is 18.9. The molecule has 4 heterocycles. The number of nitrogens with two attached hydrogens (primary N) is 1. The van der Waals surface area contributed by atoms with Gasteiger partial charge in [0.2, 0.25) is 5.91 Å². The molecule has 1 fully saturated rings. The summed E-state index contributed by atoms with van der Waals surface area (Å²) in [7, 11) is 0. The quantitative estimate of drug-likeness (QED) is 0.473. The second kappa shape index (κ2) is 8.58. The van der Waals surface area contributed by atoms with Gasteiger partial charge in [0.15, 0.2) is 5.16 Å². The highest BCUT2D eigenvalue weighted by Crippen LogP contribution is 2.39. The van der Waals surface area contributed by atoms with Crippen molar-refractivity contribution in [2.24, 2.45) is 5.92 Å². The Hall–Kier alpha value is -2.46. The number of piperazine rings is 1. The predicted octanol–water partition coefficient (Wildman–Crippen LogP) is 2.63. The van der Waals surface area contributed by atoms with Crippen LogP contribution in [0.1, 0.15) is 23.8 Å². The zero-order chi connectivity index (χ0) is 21.4. The Labute approximate surface area is 189 Å². The van der Waals surface area contributed by atoms with Crippen LogP contribution in [0, 0.1) is 5.92 Å². The number of hydrogen-bond acceptors (Lipinski definition) is 9. The van der Waals surface area contributed by atoms with Crippen LogP contribution in [0.4, 0.5) is 11.6 Å². The van der Waals surface area contributed by atoms with Gasteiger partial charge in [-0.05, 0) is 30.7 Å². The molecule has 3 aromatic rings. The van der Waals surface area contributed by atoms with E-state index >= 15 is 0 Å². The summed E-state index contributed by atoms with van der Waals surface area (Å²) >= 11 is 3.11. The van der Waals surface area contributed by atoms with E-state index in [0.717, 1.165) is 42.0 Å². The molecule has 2 N–H and O–H groups in total. The van der Waals surface area contributed by atoms with Crippen LogP contribution >= 0.6 is 23.1 Å². The highest BCUT2D eigenvalue weighted by molar-refractivity contribution is 7.99. The summed E-state index contributed by atoms with van der Waals surface area (Å²) < 4.78 is 0. The van der Waals surface area contributed by atoms with Crippen molar-refractivity contribution in [1.82, 2.24) is 24.8 Å². The van der Waals surface area contributed by atoms with Gasteiger partial charge in [0.25, 0.3) is 0 Å². The predicted molar refractivity (Wildman–Crippen MR) is 125 cm³/mol. The third kappa shape index (κ3) is 4.18. The number of fused-ring (bicyclic) bond motifs is 3. The molecule has 1 aliphatic heterocycles. The number of aryl methyl sites for hydroxylation is 1. The SMILES string of the molecule is CC1CCc2c(sc3nc(SCC(=O)N4CCN(c5cnccn5)CC4)nc(N)c23)C1. The average Bonchev–Trinajstić information content (AvgIpc) is 3.16. The van der Waals surface area contributed by atoms with Crippen LogP contribution in [-0.2, 0) is 17.6 Å². The highest BCUT2D eigenvalue weighted by atomic mass is 32.2. The number of carbonyl (C=O) groups excluding carboxylic acids is 1. The van der Waals surface area contributed by atoms with Gasteiger partial charge in [-0.3, -0.25) is 9.78 Å². The standard InChI is InChI=1S/C21H25N7OS2/c1-13-2-3-14-15(10-13)31-20-18(14)19(22)25-21(26-20)30-12-17(29)28-8-6-27(7-9-28)16-11-23-4-5-24-16/h4-5,11,13H,2-3,6-10,12H2,1H3,(H2,22,25,26). The molecule has 162 valence electrons. The van der Waals surface area contributed by atoms with Gasteiger partial charge in [-0.15, -0.1) is 11.3 Å². The number of rotatable bonds is 4. The van der Waals surface area contributed by atoms with Gasteiger partial charge in [0.1, 0.15) is 16.5 Å². The molecule has 1 saturated heterocycles. The van der Waals surface area contributed by atoms with Crippen LogP contribution in [0.15, 0.2) is 23.7 Å². The lowest BCUT2D eigenvalue weighted by Gasteiger charge is -2.35. The number of nitrogens with zero attached hydrogens (tertiary/aromatic N) is 6. The third-order valence-corrected chi connectivity index (χ3v) is 7.97. The van der Waals surface area contributed by atoms with E-state index < -0.39 is 0 Å². The Morgan fingerprint density at radius 3 is 2.87 bits per heavy atom. The average molecular weight is 456 g/mol. The van der Waals surface area contributed by atoms with Gasteiger partial charge in [-0.25, -0.2) is 15.0 Å². The fourth-order valence-electron chi connectivity index (χ4n) is 4.27. The van der Waals surface area contributed by atoms with E-state index in [4.69, 9.17) is 10.7 Å². The number of thiophene rings is 1. The molecule has 0 radical (unpaired) electrons. The molecule has 10 heteroatoms. The van der Waals surface area contributed by atoms with E-state index in [9.17, 15) is 4.79 Å². The van der Waals surface area contributed by atoms with Crippen LogP contribution in [0.2, 0.25) is 0 Å². The molecule has 1 atom stereocenters.